The van der Waals surface area contributed by atoms with Gasteiger partial charge in [-0.15, -0.1) is 0 Å². The van der Waals surface area contributed by atoms with Crippen LogP contribution < -0.4 is 0 Å². The molecule has 0 nitrogen and oxygen atoms in total. The molecule has 0 atom stereocenters. The number of benzene rings is 4. The molecule has 150 valence electrons. The fourth-order valence-corrected chi connectivity index (χ4v) is 3.12. The second kappa shape index (κ2) is 8.82. The van der Waals surface area contributed by atoms with Crippen LogP contribution in [-0.2, 0) is 6.42 Å². The van der Waals surface area contributed by atoms with Crippen LogP contribution in [-0.4, -0.2) is 0 Å². The second-order valence-electron chi connectivity index (χ2n) is 7.07. The first-order valence-electron chi connectivity index (χ1n) is 9.83. The number of hydrogen-bond donors (Lipinski definition) is 0. The van der Waals surface area contributed by atoms with Crippen LogP contribution in [0.1, 0.15) is 34.7 Å². The van der Waals surface area contributed by atoms with Crippen molar-refractivity contribution in [1.29, 1.82) is 0 Å². The Kier molecular flexibility index (Phi) is 5.78. The first-order valence-corrected chi connectivity index (χ1v) is 9.83. The Morgan fingerprint density at radius 1 is 0.548 bits per heavy atom. The van der Waals surface area contributed by atoms with Gasteiger partial charge in [-0.2, -0.15) is 0 Å². The highest BCUT2D eigenvalue weighted by molar-refractivity contribution is 5.84. The Morgan fingerprint density at radius 3 is 1.77 bits per heavy atom. The molecule has 0 radical (unpaired) electrons. The minimum atomic E-state index is -0.879. The molecule has 0 aliphatic rings. The van der Waals surface area contributed by atoms with Crippen molar-refractivity contribution in [3.05, 3.63) is 118 Å². The Bertz CT molecular complexity index is 1390. The summed E-state index contributed by atoms with van der Waals surface area (Å²) in [4.78, 5) is 0. The smallest absolute Gasteiger partial charge is 0.159 e. The number of aryl methyl sites for hydroxylation is 1. The zero-order chi connectivity index (χ0) is 21.8. The lowest BCUT2D eigenvalue weighted by atomic mass is 10.1. The van der Waals surface area contributed by atoms with Gasteiger partial charge in [0.05, 0.1) is 5.56 Å². The fourth-order valence-electron chi connectivity index (χ4n) is 3.12. The highest BCUT2D eigenvalue weighted by Gasteiger charge is 2.04. The van der Waals surface area contributed by atoms with Crippen LogP contribution in [0.5, 0.6) is 0 Å². The summed E-state index contributed by atoms with van der Waals surface area (Å²) in [5, 5.41) is 1.21. The van der Waals surface area contributed by atoms with E-state index in [0.29, 0.717) is 21.9 Å². The summed E-state index contributed by atoms with van der Waals surface area (Å²) >= 11 is 0. The van der Waals surface area contributed by atoms with Crippen molar-refractivity contribution in [2.24, 2.45) is 0 Å². The van der Waals surface area contributed by atoms with Gasteiger partial charge in [-0.25, -0.2) is 13.2 Å². The molecule has 0 bridgehead atoms. The minimum absolute atomic E-state index is 0.313. The van der Waals surface area contributed by atoms with E-state index in [9.17, 15) is 13.2 Å². The highest BCUT2D eigenvalue weighted by atomic mass is 19.2. The van der Waals surface area contributed by atoms with E-state index in [-0.39, 0.29) is 5.82 Å². The molecule has 4 aromatic carbocycles. The average Bonchev–Trinajstić information content (AvgIpc) is 2.78. The van der Waals surface area contributed by atoms with Gasteiger partial charge >= 0.3 is 0 Å². The quantitative estimate of drug-likeness (QED) is 0.309. The molecule has 31 heavy (non-hydrogen) atoms. The van der Waals surface area contributed by atoms with Crippen molar-refractivity contribution in [2.75, 3.05) is 0 Å². The molecule has 0 amide bonds. The molecule has 0 fully saturated rings. The predicted octanol–water partition coefficient (Wildman–Crippen LogP) is 6.62. The zero-order valence-electron chi connectivity index (χ0n) is 16.8. The predicted molar refractivity (Wildman–Crippen MR) is 118 cm³/mol. The molecule has 0 N–H and O–H groups in total. The molecule has 0 aromatic heterocycles. The summed E-state index contributed by atoms with van der Waals surface area (Å²) in [6.07, 6.45) is 0.780. The van der Waals surface area contributed by atoms with Gasteiger partial charge in [0.2, 0.25) is 0 Å². The normalized spacial score (nSPS) is 10.2. The fraction of sp³-hybridized carbons (Fsp3) is 0.0714. The summed E-state index contributed by atoms with van der Waals surface area (Å²) < 4.78 is 40.8. The van der Waals surface area contributed by atoms with Crippen molar-refractivity contribution in [3.63, 3.8) is 0 Å². The molecule has 0 heterocycles. The summed E-state index contributed by atoms with van der Waals surface area (Å²) in [7, 11) is 0. The Morgan fingerprint density at radius 2 is 1.13 bits per heavy atom. The van der Waals surface area contributed by atoms with Gasteiger partial charge < -0.3 is 0 Å². The van der Waals surface area contributed by atoms with Gasteiger partial charge in [-0.1, -0.05) is 42.7 Å². The number of hydrogen-bond acceptors (Lipinski definition) is 0. The number of halogens is 3. The first-order chi connectivity index (χ1) is 15.0. The maximum absolute atomic E-state index is 14.0. The molecule has 0 saturated carbocycles. The molecule has 4 rings (SSSR count). The highest BCUT2D eigenvalue weighted by Crippen LogP contribution is 2.19. The van der Waals surface area contributed by atoms with Crippen LogP contribution >= 0.6 is 0 Å². The Balaban J connectivity index is 1.52. The van der Waals surface area contributed by atoms with E-state index in [2.05, 4.69) is 23.7 Å². The van der Waals surface area contributed by atoms with Crippen LogP contribution in [0.25, 0.3) is 10.8 Å². The van der Waals surface area contributed by atoms with E-state index in [4.69, 9.17) is 0 Å². The molecular formula is C28H17F3. The van der Waals surface area contributed by atoms with Crippen molar-refractivity contribution < 1.29 is 13.2 Å². The van der Waals surface area contributed by atoms with Gasteiger partial charge in [0.25, 0.3) is 0 Å². The summed E-state index contributed by atoms with van der Waals surface area (Å²) in [6.45, 7) is 1.98. The van der Waals surface area contributed by atoms with Gasteiger partial charge in [0.1, 0.15) is 5.82 Å². The standard InChI is InChI=1S/C28H17F3/c1-2-19-9-12-23(26(29)16-19)13-10-21-5-3-20(4-6-21)7-8-22-11-14-24-17-27(30)28(31)18-25(24)15-22/h3-6,9,11-12,14-18H,2H2,1H3. The van der Waals surface area contributed by atoms with E-state index in [1.54, 1.807) is 24.3 Å². The lowest BCUT2D eigenvalue weighted by Gasteiger charge is -2.00. The van der Waals surface area contributed by atoms with Gasteiger partial charge in [-0.3, -0.25) is 0 Å². The maximum atomic E-state index is 14.0. The molecule has 0 spiro atoms. The molecule has 0 aliphatic carbocycles. The SMILES string of the molecule is CCc1ccc(C#Cc2ccc(C#Cc3ccc4cc(F)c(F)cc4c3)cc2)c(F)c1. The van der Waals surface area contributed by atoms with Crippen molar-refractivity contribution >= 4 is 10.8 Å². The van der Waals surface area contributed by atoms with Crippen molar-refractivity contribution in [2.45, 2.75) is 13.3 Å². The van der Waals surface area contributed by atoms with Crippen LogP contribution in [0.4, 0.5) is 13.2 Å². The largest absolute Gasteiger partial charge is 0.206 e. The van der Waals surface area contributed by atoms with Crippen LogP contribution in [0.2, 0.25) is 0 Å². The van der Waals surface area contributed by atoms with E-state index >= 15 is 0 Å². The minimum Gasteiger partial charge on any atom is -0.206 e. The summed E-state index contributed by atoms with van der Waals surface area (Å²) in [5.41, 5.74) is 3.55. The molecule has 0 aliphatic heterocycles. The average molecular weight is 410 g/mol. The number of fused-ring (bicyclic) bond motifs is 1. The van der Waals surface area contributed by atoms with E-state index in [1.807, 2.05) is 37.3 Å². The lowest BCUT2D eigenvalue weighted by molar-refractivity contribution is 0.511. The van der Waals surface area contributed by atoms with Crippen LogP contribution in [0.3, 0.4) is 0 Å². The third-order valence-corrected chi connectivity index (χ3v) is 4.90. The van der Waals surface area contributed by atoms with Crippen molar-refractivity contribution in [3.8, 4) is 23.7 Å². The van der Waals surface area contributed by atoms with Crippen LogP contribution in [0.15, 0.2) is 72.8 Å². The molecular weight excluding hydrogens is 393 g/mol. The van der Waals surface area contributed by atoms with Gasteiger partial charge in [0, 0.05) is 16.7 Å². The van der Waals surface area contributed by atoms with Gasteiger partial charge in [-0.05, 0) is 83.4 Å². The molecule has 3 heteroatoms. The Hall–Kier alpha value is -3.95. The van der Waals surface area contributed by atoms with E-state index in [0.717, 1.165) is 23.1 Å². The number of rotatable bonds is 1. The van der Waals surface area contributed by atoms with Crippen molar-refractivity contribution in [1.82, 2.24) is 0 Å². The van der Waals surface area contributed by atoms with E-state index in [1.165, 1.54) is 18.2 Å². The van der Waals surface area contributed by atoms with E-state index < -0.39 is 11.6 Å². The lowest BCUT2D eigenvalue weighted by Crippen LogP contribution is -1.87. The molecule has 0 saturated heterocycles. The molecule has 0 unspecified atom stereocenters. The first kappa shape index (κ1) is 20.3. The van der Waals surface area contributed by atoms with Crippen LogP contribution in [0, 0.1) is 41.1 Å². The maximum Gasteiger partial charge on any atom is 0.159 e. The zero-order valence-corrected chi connectivity index (χ0v) is 16.8. The Labute approximate surface area is 179 Å². The second-order valence-corrected chi connectivity index (χ2v) is 7.07. The molecule has 4 aromatic rings. The third-order valence-electron chi connectivity index (χ3n) is 4.90. The summed E-state index contributed by atoms with van der Waals surface area (Å²) in [5.74, 6) is 9.85. The third kappa shape index (κ3) is 4.80. The van der Waals surface area contributed by atoms with Gasteiger partial charge in [0.15, 0.2) is 11.6 Å². The topological polar surface area (TPSA) is 0 Å². The summed E-state index contributed by atoms with van der Waals surface area (Å²) in [6, 6.07) is 20.0. The monoisotopic (exact) mass is 410 g/mol.